The number of hydrogen-bond acceptors (Lipinski definition) is 3. The molecular weight excluding hydrogens is 235 g/mol. The summed E-state index contributed by atoms with van der Waals surface area (Å²) < 4.78 is 19.0. The molecule has 0 saturated carbocycles. The van der Waals surface area contributed by atoms with E-state index in [0.717, 1.165) is 0 Å². The lowest BCUT2D eigenvalue weighted by Crippen LogP contribution is -2.30. The van der Waals surface area contributed by atoms with Gasteiger partial charge in [0.05, 0.1) is 5.56 Å². The molecule has 0 radical (unpaired) electrons. The fourth-order valence-corrected chi connectivity index (χ4v) is 1.63. The summed E-state index contributed by atoms with van der Waals surface area (Å²) in [6.45, 7) is 0. The maximum absolute atomic E-state index is 13.5. The van der Waals surface area contributed by atoms with Gasteiger partial charge in [0.25, 0.3) is 0 Å². The zero-order valence-corrected chi connectivity index (χ0v) is 9.65. The monoisotopic (exact) mass is 248 g/mol. The van der Waals surface area contributed by atoms with E-state index in [0.29, 0.717) is 23.5 Å². The molecule has 3 N–H and O–H groups in total. The SMILES string of the molecule is NNC(=O)CCc1ccc(-c2ccccc2F)o1. The Morgan fingerprint density at radius 2 is 2.06 bits per heavy atom. The lowest BCUT2D eigenvalue weighted by atomic mass is 10.1. The van der Waals surface area contributed by atoms with E-state index in [1.807, 2.05) is 5.43 Å². The van der Waals surface area contributed by atoms with Crippen molar-refractivity contribution in [2.24, 2.45) is 5.84 Å². The fraction of sp³-hybridized carbons (Fsp3) is 0.154. The van der Waals surface area contributed by atoms with Gasteiger partial charge in [-0.2, -0.15) is 0 Å². The molecule has 1 aromatic heterocycles. The van der Waals surface area contributed by atoms with Crippen molar-refractivity contribution >= 4 is 5.91 Å². The smallest absolute Gasteiger partial charge is 0.234 e. The number of amides is 1. The normalized spacial score (nSPS) is 10.3. The number of hydrogen-bond donors (Lipinski definition) is 2. The van der Waals surface area contributed by atoms with Crippen molar-refractivity contribution in [3.05, 3.63) is 48.0 Å². The standard InChI is InChI=1S/C13H13FN2O2/c14-11-4-2-1-3-10(11)12-7-5-9(18-12)6-8-13(17)16-15/h1-5,7H,6,8,15H2,(H,16,17). The lowest BCUT2D eigenvalue weighted by Gasteiger charge is -1.99. The molecule has 0 atom stereocenters. The molecule has 0 bridgehead atoms. The van der Waals surface area contributed by atoms with E-state index in [1.54, 1.807) is 30.3 Å². The number of nitrogens with two attached hydrogens (primary N) is 1. The molecule has 0 aliphatic rings. The Bertz CT molecular complexity index is 551. The lowest BCUT2D eigenvalue weighted by molar-refractivity contribution is -0.121. The van der Waals surface area contributed by atoms with Crippen LogP contribution in [0.4, 0.5) is 4.39 Å². The Labute approximate surface area is 104 Å². The van der Waals surface area contributed by atoms with Crippen molar-refractivity contribution in [2.45, 2.75) is 12.8 Å². The van der Waals surface area contributed by atoms with Crippen molar-refractivity contribution in [2.75, 3.05) is 0 Å². The number of furan rings is 1. The van der Waals surface area contributed by atoms with Crippen LogP contribution in [0.5, 0.6) is 0 Å². The van der Waals surface area contributed by atoms with Crippen molar-refractivity contribution in [1.29, 1.82) is 0 Å². The predicted molar refractivity (Wildman–Crippen MR) is 64.8 cm³/mol. The first kappa shape index (κ1) is 12.3. The van der Waals surface area contributed by atoms with E-state index in [4.69, 9.17) is 10.3 Å². The van der Waals surface area contributed by atoms with Crippen LogP contribution in [0.3, 0.4) is 0 Å². The van der Waals surface area contributed by atoms with Crippen molar-refractivity contribution < 1.29 is 13.6 Å². The summed E-state index contributed by atoms with van der Waals surface area (Å²) in [5.41, 5.74) is 2.45. The van der Waals surface area contributed by atoms with E-state index in [1.165, 1.54) is 6.07 Å². The molecule has 0 spiro atoms. The highest BCUT2D eigenvalue weighted by Crippen LogP contribution is 2.25. The number of carbonyl (C=O) groups is 1. The minimum atomic E-state index is -0.335. The molecule has 0 aliphatic heterocycles. The first-order valence-corrected chi connectivity index (χ1v) is 5.54. The summed E-state index contributed by atoms with van der Waals surface area (Å²) >= 11 is 0. The Hall–Kier alpha value is -2.14. The zero-order valence-electron chi connectivity index (χ0n) is 9.65. The molecule has 4 nitrogen and oxygen atoms in total. The van der Waals surface area contributed by atoms with Gasteiger partial charge in [0.2, 0.25) is 5.91 Å². The largest absolute Gasteiger partial charge is 0.461 e. The predicted octanol–water partition coefficient (Wildman–Crippen LogP) is 2.01. The van der Waals surface area contributed by atoms with Crippen LogP contribution in [-0.4, -0.2) is 5.91 Å². The zero-order chi connectivity index (χ0) is 13.0. The molecule has 0 aliphatic carbocycles. The molecule has 0 fully saturated rings. The fourth-order valence-electron chi connectivity index (χ4n) is 1.63. The third kappa shape index (κ3) is 2.75. The van der Waals surface area contributed by atoms with Crippen molar-refractivity contribution in [1.82, 2.24) is 5.43 Å². The van der Waals surface area contributed by atoms with Gasteiger partial charge in [-0.05, 0) is 24.3 Å². The van der Waals surface area contributed by atoms with Crippen molar-refractivity contribution in [3.63, 3.8) is 0 Å². The van der Waals surface area contributed by atoms with Crippen LogP contribution >= 0.6 is 0 Å². The second-order valence-corrected chi connectivity index (χ2v) is 3.81. The number of halogens is 1. The molecule has 0 saturated heterocycles. The summed E-state index contributed by atoms with van der Waals surface area (Å²) in [5, 5.41) is 0. The Balaban J connectivity index is 2.11. The molecule has 1 amide bonds. The number of aryl methyl sites for hydroxylation is 1. The van der Waals surface area contributed by atoms with Crippen molar-refractivity contribution in [3.8, 4) is 11.3 Å². The van der Waals surface area contributed by atoms with Gasteiger partial charge in [-0.25, -0.2) is 10.2 Å². The molecule has 2 aromatic rings. The number of hydrazine groups is 1. The molecule has 2 rings (SSSR count). The van der Waals surface area contributed by atoms with E-state index in [2.05, 4.69) is 0 Å². The quantitative estimate of drug-likeness (QED) is 0.494. The van der Waals surface area contributed by atoms with Gasteiger partial charge in [-0.1, -0.05) is 12.1 Å². The number of nitrogens with one attached hydrogen (secondary N) is 1. The average Bonchev–Trinajstić information content (AvgIpc) is 2.85. The minimum Gasteiger partial charge on any atom is -0.461 e. The van der Waals surface area contributed by atoms with E-state index >= 15 is 0 Å². The molecule has 18 heavy (non-hydrogen) atoms. The molecular formula is C13H13FN2O2. The first-order chi connectivity index (χ1) is 8.70. The van der Waals surface area contributed by atoms with Gasteiger partial charge in [-0.3, -0.25) is 10.2 Å². The highest BCUT2D eigenvalue weighted by molar-refractivity contribution is 5.75. The van der Waals surface area contributed by atoms with Crippen LogP contribution in [0.25, 0.3) is 11.3 Å². The first-order valence-electron chi connectivity index (χ1n) is 5.54. The summed E-state index contributed by atoms with van der Waals surface area (Å²) in [4.78, 5) is 11.0. The van der Waals surface area contributed by atoms with E-state index < -0.39 is 0 Å². The molecule has 0 unspecified atom stereocenters. The summed E-state index contributed by atoms with van der Waals surface area (Å²) in [5.74, 6) is 5.45. The minimum absolute atomic E-state index is 0.237. The summed E-state index contributed by atoms with van der Waals surface area (Å²) in [7, 11) is 0. The number of rotatable bonds is 4. The number of benzene rings is 1. The van der Waals surface area contributed by atoms with Gasteiger partial charge in [-0.15, -0.1) is 0 Å². The third-order valence-corrected chi connectivity index (χ3v) is 2.56. The maximum atomic E-state index is 13.5. The molecule has 1 aromatic carbocycles. The highest BCUT2D eigenvalue weighted by Gasteiger charge is 2.09. The summed E-state index contributed by atoms with van der Waals surface area (Å²) in [6, 6.07) is 9.79. The Morgan fingerprint density at radius 3 is 2.78 bits per heavy atom. The van der Waals surface area contributed by atoms with Crippen LogP contribution in [0.15, 0.2) is 40.8 Å². The second-order valence-electron chi connectivity index (χ2n) is 3.81. The van der Waals surface area contributed by atoms with Crippen LogP contribution in [-0.2, 0) is 11.2 Å². The van der Waals surface area contributed by atoms with Gasteiger partial charge in [0, 0.05) is 12.8 Å². The average molecular weight is 248 g/mol. The molecule has 5 heteroatoms. The van der Waals surface area contributed by atoms with Crippen LogP contribution < -0.4 is 11.3 Å². The van der Waals surface area contributed by atoms with Crippen LogP contribution in [0, 0.1) is 5.82 Å². The molecule has 1 heterocycles. The Kier molecular flexibility index (Phi) is 3.74. The van der Waals surface area contributed by atoms with Gasteiger partial charge < -0.3 is 4.42 Å². The topological polar surface area (TPSA) is 68.3 Å². The summed E-state index contributed by atoms with van der Waals surface area (Å²) in [6.07, 6.45) is 0.665. The second kappa shape index (κ2) is 5.46. The van der Waals surface area contributed by atoms with E-state index in [9.17, 15) is 9.18 Å². The van der Waals surface area contributed by atoms with Crippen LogP contribution in [0.1, 0.15) is 12.2 Å². The maximum Gasteiger partial charge on any atom is 0.234 e. The van der Waals surface area contributed by atoms with Crippen LogP contribution in [0.2, 0.25) is 0 Å². The number of carbonyl (C=O) groups excluding carboxylic acids is 1. The highest BCUT2D eigenvalue weighted by atomic mass is 19.1. The molecule has 94 valence electrons. The van der Waals surface area contributed by atoms with Gasteiger partial charge in [0.1, 0.15) is 17.3 Å². The Morgan fingerprint density at radius 1 is 1.28 bits per heavy atom. The van der Waals surface area contributed by atoms with Gasteiger partial charge in [0.15, 0.2) is 0 Å². The third-order valence-electron chi connectivity index (χ3n) is 2.56. The van der Waals surface area contributed by atoms with E-state index in [-0.39, 0.29) is 18.1 Å². The van der Waals surface area contributed by atoms with Gasteiger partial charge >= 0.3 is 0 Å².